The predicted molar refractivity (Wildman–Crippen MR) is 123 cm³/mol. The minimum Gasteiger partial charge on any atom is -0.444 e. The van der Waals surface area contributed by atoms with E-state index in [-0.39, 0.29) is 24.8 Å². The molecule has 0 radical (unpaired) electrons. The number of benzene rings is 1. The molecule has 4 heterocycles. The van der Waals surface area contributed by atoms with Crippen LogP contribution in [0.2, 0.25) is 0 Å². The number of carbonyl (C=O) groups is 4. The molecule has 5 rings (SSSR count). The molecule has 1 aromatic heterocycles. The monoisotopic (exact) mass is 465 g/mol. The fourth-order valence-electron chi connectivity index (χ4n) is 4.76. The normalized spacial score (nSPS) is 20.2. The van der Waals surface area contributed by atoms with Gasteiger partial charge >= 0.3 is 6.09 Å². The first kappa shape index (κ1) is 22.0. The number of imide groups is 1. The highest BCUT2D eigenvalue weighted by Crippen LogP contribution is 2.28. The summed E-state index contributed by atoms with van der Waals surface area (Å²) >= 11 is 0. The van der Waals surface area contributed by atoms with Crippen LogP contribution in [0.25, 0.3) is 0 Å². The van der Waals surface area contributed by atoms with Crippen molar-refractivity contribution in [2.75, 3.05) is 23.3 Å². The van der Waals surface area contributed by atoms with Crippen molar-refractivity contribution in [2.45, 2.75) is 51.3 Å². The van der Waals surface area contributed by atoms with Gasteiger partial charge in [-0.05, 0) is 55.0 Å². The van der Waals surface area contributed by atoms with E-state index in [1.165, 1.54) is 24.2 Å². The Morgan fingerprint density at radius 3 is 2.71 bits per heavy atom. The molecular formula is C24H27N5O5. The molecule has 3 aliphatic heterocycles. The number of aromatic amines is 1. The summed E-state index contributed by atoms with van der Waals surface area (Å²) in [5.41, 5.74) is 1.97. The minimum absolute atomic E-state index is 0.00446. The summed E-state index contributed by atoms with van der Waals surface area (Å²) in [6.07, 6.45) is 3.52. The van der Waals surface area contributed by atoms with Crippen LogP contribution in [0.1, 0.15) is 53.6 Å². The van der Waals surface area contributed by atoms with Crippen LogP contribution < -0.4 is 15.5 Å². The zero-order valence-electron chi connectivity index (χ0n) is 18.8. The molecule has 2 aromatic rings. The number of hydrogen-bond donors (Lipinski definition) is 3. The van der Waals surface area contributed by atoms with Gasteiger partial charge in [-0.25, -0.2) is 4.79 Å². The van der Waals surface area contributed by atoms with Crippen LogP contribution in [0, 0.1) is 0 Å². The third kappa shape index (κ3) is 4.48. The van der Waals surface area contributed by atoms with Crippen LogP contribution >= 0.6 is 0 Å². The number of rotatable bonds is 5. The molecule has 34 heavy (non-hydrogen) atoms. The van der Waals surface area contributed by atoms with E-state index in [9.17, 15) is 19.2 Å². The second-order valence-electron chi connectivity index (χ2n) is 8.90. The van der Waals surface area contributed by atoms with E-state index >= 15 is 0 Å². The van der Waals surface area contributed by atoms with Crippen molar-refractivity contribution in [3.8, 4) is 0 Å². The summed E-state index contributed by atoms with van der Waals surface area (Å²) in [6.45, 7) is 2.32. The van der Waals surface area contributed by atoms with Crippen molar-refractivity contribution >= 4 is 35.5 Å². The number of nitrogens with zero attached hydrogens (tertiary/aromatic N) is 2. The summed E-state index contributed by atoms with van der Waals surface area (Å²) in [5, 5.41) is 5.00. The van der Waals surface area contributed by atoms with Gasteiger partial charge in [-0.15, -0.1) is 0 Å². The molecular weight excluding hydrogens is 438 g/mol. The number of H-pyrrole nitrogens is 1. The van der Waals surface area contributed by atoms with Gasteiger partial charge in [-0.1, -0.05) is 12.1 Å². The standard InChI is InChI=1S/C24H27N5O5/c30-21-9-6-18(22(31)27-21)29-13-16-5-4-15(12-17(16)23(29)32)14-34-24(33)26-19-7-8-20(25-19)28-10-2-1-3-11-28/h4-5,7-8,12,18,25H,1-3,6,9-11,13-14H2,(H,26,33)(H,27,30,31). The van der Waals surface area contributed by atoms with Gasteiger partial charge in [-0.2, -0.15) is 0 Å². The molecule has 1 unspecified atom stereocenters. The number of piperidine rings is 2. The maximum Gasteiger partial charge on any atom is 0.413 e. The van der Waals surface area contributed by atoms with Gasteiger partial charge in [0.05, 0.1) is 0 Å². The Hall–Kier alpha value is -3.82. The lowest BCUT2D eigenvalue weighted by atomic mass is 10.0. The van der Waals surface area contributed by atoms with E-state index in [4.69, 9.17) is 4.74 Å². The molecule has 0 saturated carbocycles. The Labute approximate surface area is 196 Å². The second kappa shape index (κ2) is 9.20. The first-order valence-corrected chi connectivity index (χ1v) is 11.6. The van der Waals surface area contributed by atoms with Crippen LogP contribution in [0.4, 0.5) is 16.4 Å². The van der Waals surface area contributed by atoms with Gasteiger partial charge in [0, 0.05) is 31.6 Å². The molecule has 1 aromatic carbocycles. The lowest BCUT2D eigenvalue weighted by molar-refractivity contribution is -0.136. The van der Waals surface area contributed by atoms with Crippen LogP contribution in [0.3, 0.4) is 0 Å². The second-order valence-corrected chi connectivity index (χ2v) is 8.90. The zero-order chi connectivity index (χ0) is 23.7. The molecule has 0 bridgehead atoms. The summed E-state index contributed by atoms with van der Waals surface area (Å²) in [4.78, 5) is 55.7. The number of amides is 4. The molecule has 3 aliphatic rings. The molecule has 10 nitrogen and oxygen atoms in total. The van der Waals surface area contributed by atoms with Gasteiger partial charge in [0.25, 0.3) is 5.91 Å². The number of anilines is 2. The predicted octanol–water partition coefficient (Wildman–Crippen LogP) is 2.51. The topological polar surface area (TPSA) is 124 Å². The Balaban J connectivity index is 1.16. The number of nitrogens with one attached hydrogen (secondary N) is 3. The molecule has 178 valence electrons. The number of ether oxygens (including phenoxy) is 1. The van der Waals surface area contributed by atoms with E-state index in [1.807, 2.05) is 18.2 Å². The Morgan fingerprint density at radius 2 is 1.91 bits per heavy atom. The van der Waals surface area contributed by atoms with E-state index in [0.29, 0.717) is 29.9 Å². The van der Waals surface area contributed by atoms with Crippen LogP contribution in [0.5, 0.6) is 0 Å². The third-order valence-electron chi connectivity index (χ3n) is 6.57. The average molecular weight is 466 g/mol. The van der Waals surface area contributed by atoms with E-state index in [0.717, 1.165) is 24.5 Å². The summed E-state index contributed by atoms with van der Waals surface area (Å²) in [7, 11) is 0. The van der Waals surface area contributed by atoms with Gasteiger partial charge in [-0.3, -0.25) is 25.0 Å². The van der Waals surface area contributed by atoms with Gasteiger partial charge in [0.15, 0.2) is 0 Å². The average Bonchev–Trinajstić information content (AvgIpc) is 3.43. The fraction of sp³-hybridized carbons (Fsp3) is 0.417. The Bertz CT molecular complexity index is 1140. The van der Waals surface area contributed by atoms with Crippen molar-refractivity contribution < 1.29 is 23.9 Å². The van der Waals surface area contributed by atoms with Gasteiger partial charge in [0.1, 0.15) is 24.3 Å². The smallest absolute Gasteiger partial charge is 0.413 e. The molecule has 1 atom stereocenters. The van der Waals surface area contributed by atoms with Crippen molar-refractivity contribution in [3.63, 3.8) is 0 Å². The van der Waals surface area contributed by atoms with Crippen molar-refractivity contribution in [1.82, 2.24) is 15.2 Å². The number of aromatic nitrogens is 1. The highest BCUT2D eigenvalue weighted by atomic mass is 16.5. The van der Waals surface area contributed by atoms with E-state index < -0.39 is 18.0 Å². The van der Waals surface area contributed by atoms with Crippen molar-refractivity contribution in [3.05, 3.63) is 47.0 Å². The quantitative estimate of drug-likeness (QED) is 0.583. The lowest BCUT2D eigenvalue weighted by Crippen LogP contribution is -2.52. The van der Waals surface area contributed by atoms with Gasteiger partial charge in [0.2, 0.25) is 11.8 Å². The van der Waals surface area contributed by atoms with Crippen LogP contribution in [-0.4, -0.2) is 52.8 Å². The van der Waals surface area contributed by atoms with Crippen molar-refractivity contribution in [1.29, 1.82) is 0 Å². The summed E-state index contributed by atoms with van der Waals surface area (Å²) in [5.74, 6) is 0.533. The lowest BCUT2D eigenvalue weighted by Gasteiger charge is -2.29. The highest BCUT2D eigenvalue weighted by molar-refractivity contribution is 6.05. The number of hydrogen-bond acceptors (Lipinski definition) is 6. The molecule has 3 N–H and O–H groups in total. The maximum absolute atomic E-state index is 12.9. The molecule has 0 aliphatic carbocycles. The maximum atomic E-state index is 12.9. The number of carbonyl (C=O) groups excluding carboxylic acids is 4. The third-order valence-corrected chi connectivity index (χ3v) is 6.57. The zero-order valence-corrected chi connectivity index (χ0v) is 18.8. The number of fused-ring (bicyclic) bond motifs is 1. The molecule has 2 fully saturated rings. The highest BCUT2D eigenvalue weighted by Gasteiger charge is 2.39. The molecule has 10 heteroatoms. The molecule has 2 saturated heterocycles. The fourth-order valence-corrected chi connectivity index (χ4v) is 4.76. The van der Waals surface area contributed by atoms with Gasteiger partial charge < -0.3 is 19.5 Å². The van der Waals surface area contributed by atoms with Crippen LogP contribution in [-0.2, 0) is 27.5 Å². The van der Waals surface area contributed by atoms with E-state index in [2.05, 4.69) is 20.5 Å². The SMILES string of the molecule is O=C1CCC(N2Cc3ccc(COC(=O)Nc4ccc(N5CCCCC5)[nH]4)cc3C2=O)C(=O)N1. The summed E-state index contributed by atoms with van der Waals surface area (Å²) < 4.78 is 5.34. The summed E-state index contributed by atoms with van der Waals surface area (Å²) in [6, 6.07) is 8.41. The largest absolute Gasteiger partial charge is 0.444 e. The van der Waals surface area contributed by atoms with Crippen molar-refractivity contribution in [2.24, 2.45) is 0 Å². The molecule has 4 amide bonds. The first-order chi connectivity index (χ1) is 16.5. The molecule has 0 spiro atoms. The van der Waals surface area contributed by atoms with Crippen LogP contribution in [0.15, 0.2) is 30.3 Å². The Morgan fingerprint density at radius 1 is 1.09 bits per heavy atom. The first-order valence-electron chi connectivity index (χ1n) is 11.6. The minimum atomic E-state index is -0.654. The van der Waals surface area contributed by atoms with E-state index in [1.54, 1.807) is 12.1 Å². The Kier molecular flexibility index (Phi) is 5.95.